The van der Waals surface area contributed by atoms with Crippen LogP contribution in [-0.4, -0.2) is 28.8 Å². The summed E-state index contributed by atoms with van der Waals surface area (Å²) in [4.78, 5) is 17.3. The van der Waals surface area contributed by atoms with Crippen molar-refractivity contribution in [2.45, 2.75) is 13.0 Å². The molecule has 3 heteroatoms. The molecule has 1 aromatic rings. The molecule has 0 amide bonds. The summed E-state index contributed by atoms with van der Waals surface area (Å²) in [5, 5.41) is 0. The number of ketones is 1. The van der Waals surface area contributed by atoms with E-state index in [0.29, 0.717) is 18.7 Å². The molecule has 0 aliphatic carbocycles. The lowest BCUT2D eigenvalue weighted by Gasteiger charge is -2.11. The fourth-order valence-electron chi connectivity index (χ4n) is 1.55. The highest BCUT2D eigenvalue weighted by Crippen LogP contribution is 2.08. The van der Waals surface area contributed by atoms with Gasteiger partial charge in [0.25, 0.3) is 0 Å². The quantitative estimate of drug-likeness (QED) is 0.670. The van der Waals surface area contributed by atoms with Gasteiger partial charge in [-0.3, -0.25) is 14.7 Å². The van der Waals surface area contributed by atoms with E-state index in [4.69, 9.17) is 0 Å². The molecule has 1 aromatic heterocycles. The van der Waals surface area contributed by atoms with Crippen LogP contribution in [0, 0.1) is 0 Å². The summed E-state index contributed by atoms with van der Waals surface area (Å²) in [7, 11) is 0. The molecule has 0 bridgehead atoms. The Bertz CT molecular complexity index is 297. The van der Waals surface area contributed by atoms with Gasteiger partial charge in [-0.25, -0.2) is 0 Å². The normalized spacial score (nSPS) is 18.0. The molecule has 68 valence electrons. The zero-order valence-electron chi connectivity index (χ0n) is 7.44. The van der Waals surface area contributed by atoms with Crippen LogP contribution >= 0.6 is 0 Å². The van der Waals surface area contributed by atoms with Gasteiger partial charge in [0.2, 0.25) is 0 Å². The van der Waals surface area contributed by atoms with E-state index in [1.807, 2.05) is 18.2 Å². The minimum Gasteiger partial charge on any atom is -0.298 e. The number of carbonyl (C=O) groups is 1. The molecule has 0 aromatic carbocycles. The Kier molecular flexibility index (Phi) is 2.36. The van der Waals surface area contributed by atoms with Crippen LogP contribution in [0.4, 0.5) is 0 Å². The van der Waals surface area contributed by atoms with Crippen molar-refractivity contribution in [3.63, 3.8) is 0 Å². The molecule has 0 radical (unpaired) electrons. The molecule has 3 nitrogen and oxygen atoms in total. The predicted octanol–water partition coefficient (Wildman–Crippen LogP) is 0.856. The summed E-state index contributed by atoms with van der Waals surface area (Å²) in [6, 6.07) is 5.86. The average Bonchev–Trinajstić information content (AvgIpc) is 2.53. The molecule has 2 heterocycles. The number of pyridine rings is 1. The second-order valence-corrected chi connectivity index (χ2v) is 3.32. The van der Waals surface area contributed by atoms with Gasteiger partial charge in [0, 0.05) is 25.7 Å². The third kappa shape index (κ3) is 2.12. The predicted molar refractivity (Wildman–Crippen MR) is 49.1 cm³/mol. The van der Waals surface area contributed by atoms with Gasteiger partial charge in [-0.15, -0.1) is 0 Å². The average molecular weight is 176 g/mol. The van der Waals surface area contributed by atoms with Gasteiger partial charge in [0.05, 0.1) is 12.2 Å². The van der Waals surface area contributed by atoms with E-state index in [9.17, 15) is 4.79 Å². The number of likely N-dealkylation sites (tertiary alicyclic amines) is 1. The summed E-state index contributed by atoms with van der Waals surface area (Å²) in [6.45, 7) is 2.28. The van der Waals surface area contributed by atoms with Crippen LogP contribution in [0.3, 0.4) is 0 Å². The van der Waals surface area contributed by atoms with Crippen LogP contribution in [0.15, 0.2) is 24.4 Å². The molecule has 1 aliphatic rings. The Balaban J connectivity index is 1.96. The molecular weight excluding hydrogens is 164 g/mol. The minimum atomic E-state index is 0.343. The van der Waals surface area contributed by atoms with Gasteiger partial charge in [-0.05, 0) is 12.1 Å². The molecule has 2 rings (SSSR count). The second kappa shape index (κ2) is 3.66. The van der Waals surface area contributed by atoms with Gasteiger partial charge in [0.1, 0.15) is 5.78 Å². The summed E-state index contributed by atoms with van der Waals surface area (Å²) in [6.07, 6.45) is 2.49. The van der Waals surface area contributed by atoms with Crippen molar-refractivity contribution in [1.82, 2.24) is 9.88 Å². The molecular formula is C10H12N2O. The van der Waals surface area contributed by atoms with Gasteiger partial charge in [-0.1, -0.05) is 6.07 Å². The molecule has 0 saturated carbocycles. The first-order valence-electron chi connectivity index (χ1n) is 4.48. The monoisotopic (exact) mass is 176 g/mol. The highest BCUT2D eigenvalue weighted by Gasteiger charge is 2.18. The van der Waals surface area contributed by atoms with Crippen molar-refractivity contribution in [2.24, 2.45) is 0 Å². The standard InChI is InChI=1S/C10H12N2O/c13-10-4-6-12(8-10)7-9-3-1-2-5-11-9/h1-3,5H,4,6-8H2. The third-order valence-electron chi connectivity index (χ3n) is 2.22. The number of Topliss-reactive ketones (excluding diaryl/α,β-unsaturated/α-hetero) is 1. The van der Waals surface area contributed by atoms with Crippen LogP contribution in [0.25, 0.3) is 0 Å². The van der Waals surface area contributed by atoms with Crippen molar-refractivity contribution in [1.29, 1.82) is 0 Å². The Morgan fingerprint density at radius 2 is 2.38 bits per heavy atom. The Morgan fingerprint density at radius 1 is 1.46 bits per heavy atom. The number of hydrogen-bond acceptors (Lipinski definition) is 3. The summed E-state index contributed by atoms with van der Waals surface area (Å²) < 4.78 is 0. The van der Waals surface area contributed by atoms with Crippen molar-refractivity contribution >= 4 is 5.78 Å². The zero-order valence-corrected chi connectivity index (χ0v) is 7.44. The summed E-state index contributed by atoms with van der Waals surface area (Å²) in [5.41, 5.74) is 1.04. The van der Waals surface area contributed by atoms with E-state index in [0.717, 1.165) is 18.8 Å². The van der Waals surface area contributed by atoms with E-state index in [2.05, 4.69) is 9.88 Å². The van der Waals surface area contributed by atoms with Crippen molar-refractivity contribution in [3.8, 4) is 0 Å². The van der Waals surface area contributed by atoms with Crippen LogP contribution in [0.5, 0.6) is 0 Å². The Hall–Kier alpha value is -1.22. The maximum Gasteiger partial charge on any atom is 0.148 e. The molecule has 1 aliphatic heterocycles. The smallest absolute Gasteiger partial charge is 0.148 e. The molecule has 0 atom stereocenters. The number of nitrogens with zero attached hydrogens (tertiary/aromatic N) is 2. The second-order valence-electron chi connectivity index (χ2n) is 3.32. The molecule has 13 heavy (non-hydrogen) atoms. The molecule has 0 unspecified atom stereocenters. The number of hydrogen-bond donors (Lipinski definition) is 0. The highest BCUT2D eigenvalue weighted by atomic mass is 16.1. The highest BCUT2D eigenvalue weighted by molar-refractivity contribution is 5.82. The molecule has 1 fully saturated rings. The minimum absolute atomic E-state index is 0.343. The Morgan fingerprint density at radius 3 is 3.00 bits per heavy atom. The molecule has 0 spiro atoms. The van der Waals surface area contributed by atoms with Crippen molar-refractivity contribution < 1.29 is 4.79 Å². The van der Waals surface area contributed by atoms with E-state index in [-0.39, 0.29) is 0 Å². The van der Waals surface area contributed by atoms with Crippen LogP contribution in [0.1, 0.15) is 12.1 Å². The lowest BCUT2D eigenvalue weighted by Crippen LogP contribution is -2.20. The molecule has 0 N–H and O–H groups in total. The first-order chi connectivity index (χ1) is 6.34. The fourth-order valence-corrected chi connectivity index (χ4v) is 1.55. The van der Waals surface area contributed by atoms with E-state index >= 15 is 0 Å². The van der Waals surface area contributed by atoms with Crippen LogP contribution in [0.2, 0.25) is 0 Å². The molecule has 1 saturated heterocycles. The van der Waals surface area contributed by atoms with Crippen molar-refractivity contribution in [3.05, 3.63) is 30.1 Å². The van der Waals surface area contributed by atoms with Crippen LogP contribution < -0.4 is 0 Å². The lowest BCUT2D eigenvalue weighted by molar-refractivity contribution is -0.116. The van der Waals surface area contributed by atoms with E-state index in [1.54, 1.807) is 6.20 Å². The van der Waals surface area contributed by atoms with E-state index < -0.39 is 0 Å². The summed E-state index contributed by atoms with van der Waals surface area (Å²) >= 11 is 0. The van der Waals surface area contributed by atoms with Crippen LogP contribution in [-0.2, 0) is 11.3 Å². The summed E-state index contributed by atoms with van der Waals surface area (Å²) in [5.74, 6) is 0.343. The largest absolute Gasteiger partial charge is 0.298 e. The van der Waals surface area contributed by atoms with Gasteiger partial charge in [0.15, 0.2) is 0 Å². The van der Waals surface area contributed by atoms with Gasteiger partial charge < -0.3 is 0 Å². The first kappa shape index (κ1) is 8.38. The third-order valence-corrected chi connectivity index (χ3v) is 2.22. The van der Waals surface area contributed by atoms with Gasteiger partial charge in [-0.2, -0.15) is 0 Å². The topological polar surface area (TPSA) is 33.2 Å². The van der Waals surface area contributed by atoms with Crippen molar-refractivity contribution in [2.75, 3.05) is 13.1 Å². The van der Waals surface area contributed by atoms with E-state index in [1.165, 1.54) is 0 Å². The lowest BCUT2D eigenvalue weighted by atomic mass is 10.3. The van der Waals surface area contributed by atoms with Gasteiger partial charge >= 0.3 is 0 Å². The number of aromatic nitrogens is 1. The Labute approximate surface area is 77.4 Å². The first-order valence-corrected chi connectivity index (χ1v) is 4.48. The fraction of sp³-hybridized carbons (Fsp3) is 0.400. The number of carbonyl (C=O) groups excluding carboxylic acids is 1. The maximum atomic E-state index is 11.0. The SMILES string of the molecule is O=C1CCN(Cc2ccccn2)C1. The maximum absolute atomic E-state index is 11.0. The zero-order chi connectivity index (χ0) is 9.10. The number of rotatable bonds is 2.